The molecule has 1 aromatic carbocycles. The van der Waals surface area contributed by atoms with Gasteiger partial charge in [-0.3, -0.25) is 9.59 Å². The molecule has 7 nitrogen and oxygen atoms in total. The summed E-state index contributed by atoms with van der Waals surface area (Å²) in [7, 11) is 0. The van der Waals surface area contributed by atoms with E-state index in [-0.39, 0.29) is 12.5 Å². The number of esters is 1. The second-order valence-corrected chi connectivity index (χ2v) is 5.59. The summed E-state index contributed by atoms with van der Waals surface area (Å²) in [5, 5.41) is 2.75. The molecule has 1 atom stereocenters. The highest BCUT2D eigenvalue weighted by Gasteiger charge is 2.32. The highest BCUT2D eigenvalue weighted by molar-refractivity contribution is 5.98. The fourth-order valence-electron chi connectivity index (χ4n) is 2.66. The first-order valence-electron chi connectivity index (χ1n) is 7.98. The van der Waals surface area contributed by atoms with Crippen molar-refractivity contribution < 1.29 is 23.9 Å². The summed E-state index contributed by atoms with van der Waals surface area (Å²) in [6.07, 6.45) is 1.37. The second kappa shape index (κ2) is 8.44. The summed E-state index contributed by atoms with van der Waals surface area (Å²) in [5.41, 5.74) is 5.84. The van der Waals surface area contributed by atoms with Gasteiger partial charge < -0.3 is 20.5 Å². The van der Waals surface area contributed by atoms with Crippen LogP contribution in [0, 0.1) is 5.92 Å². The van der Waals surface area contributed by atoms with E-state index in [0.29, 0.717) is 37.2 Å². The number of amides is 2. The molecule has 0 bridgehead atoms. The van der Waals surface area contributed by atoms with Gasteiger partial charge in [-0.15, -0.1) is 0 Å². The quantitative estimate of drug-likeness (QED) is 0.751. The number of hydrogen-bond acceptors (Lipinski definition) is 5. The lowest BCUT2D eigenvalue weighted by atomic mass is 9.91. The van der Waals surface area contributed by atoms with Gasteiger partial charge in [-0.25, -0.2) is 4.79 Å². The van der Waals surface area contributed by atoms with Crippen molar-refractivity contribution in [1.29, 1.82) is 0 Å². The summed E-state index contributed by atoms with van der Waals surface area (Å²) in [6.45, 7) is 3.10. The molecule has 1 aliphatic heterocycles. The molecule has 130 valence electrons. The molecule has 0 unspecified atom stereocenters. The summed E-state index contributed by atoms with van der Waals surface area (Å²) >= 11 is 0. The van der Waals surface area contributed by atoms with Crippen molar-refractivity contribution in [2.45, 2.75) is 25.8 Å². The van der Waals surface area contributed by atoms with E-state index in [1.807, 2.05) is 0 Å². The van der Waals surface area contributed by atoms with Crippen LogP contribution < -0.4 is 11.1 Å². The zero-order valence-corrected chi connectivity index (χ0v) is 13.6. The Bertz CT molecular complexity index is 594. The summed E-state index contributed by atoms with van der Waals surface area (Å²) < 4.78 is 10.4. The minimum Gasteiger partial charge on any atom is -0.464 e. The van der Waals surface area contributed by atoms with E-state index in [0.717, 1.165) is 0 Å². The number of rotatable bonds is 6. The van der Waals surface area contributed by atoms with Crippen molar-refractivity contribution in [3.8, 4) is 0 Å². The van der Waals surface area contributed by atoms with Crippen LogP contribution in [0.15, 0.2) is 24.3 Å². The van der Waals surface area contributed by atoms with E-state index in [2.05, 4.69) is 5.32 Å². The van der Waals surface area contributed by atoms with Gasteiger partial charge in [0.2, 0.25) is 5.91 Å². The third kappa shape index (κ3) is 4.55. The number of carbonyl (C=O) groups excluding carboxylic acids is 3. The van der Waals surface area contributed by atoms with E-state index in [1.165, 1.54) is 24.3 Å². The number of nitrogens with one attached hydrogen (secondary N) is 1. The first kappa shape index (κ1) is 17.9. The number of primary amides is 1. The molecule has 1 heterocycles. The molecule has 3 N–H and O–H groups in total. The molecule has 1 fully saturated rings. The summed E-state index contributed by atoms with van der Waals surface area (Å²) in [6, 6.07) is 5.25. The molecule has 1 aliphatic rings. The van der Waals surface area contributed by atoms with Crippen molar-refractivity contribution in [1.82, 2.24) is 5.32 Å². The summed E-state index contributed by atoms with van der Waals surface area (Å²) in [5.74, 6) is -1.41. The largest absolute Gasteiger partial charge is 0.464 e. The first-order chi connectivity index (χ1) is 11.5. The molecule has 2 amide bonds. The highest BCUT2D eigenvalue weighted by atomic mass is 16.5. The van der Waals surface area contributed by atoms with E-state index >= 15 is 0 Å². The minimum absolute atomic E-state index is 0.0216. The van der Waals surface area contributed by atoms with Crippen LogP contribution in [-0.2, 0) is 14.3 Å². The van der Waals surface area contributed by atoms with Crippen molar-refractivity contribution >= 4 is 17.8 Å². The Morgan fingerprint density at radius 2 is 1.79 bits per heavy atom. The molecule has 0 spiro atoms. The molecule has 2 rings (SSSR count). The van der Waals surface area contributed by atoms with Gasteiger partial charge >= 0.3 is 5.97 Å². The molecule has 0 saturated carbocycles. The molecule has 0 aromatic heterocycles. The van der Waals surface area contributed by atoms with Crippen LogP contribution in [0.25, 0.3) is 0 Å². The van der Waals surface area contributed by atoms with Crippen LogP contribution in [-0.4, -0.2) is 43.6 Å². The third-order valence-corrected chi connectivity index (χ3v) is 4.00. The van der Waals surface area contributed by atoms with Crippen molar-refractivity contribution in [3.05, 3.63) is 35.4 Å². The standard InChI is InChI=1S/C17H22N2O5/c1-2-24-17(22)14(11-7-9-23-10-8-11)19-16(21)13-5-3-12(4-6-13)15(18)20/h3-6,11,14H,2,7-10H2,1H3,(H2,18,20)(H,19,21)/t14-/m1/s1. The van der Waals surface area contributed by atoms with E-state index in [9.17, 15) is 14.4 Å². The van der Waals surface area contributed by atoms with Gasteiger partial charge in [0.1, 0.15) is 6.04 Å². The lowest BCUT2D eigenvalue weighted by Gasteiger charge is -2.29. The Kier molecular flexibility index (Phi) is 6.31. The summed E-state index contributed by atoms with van der Waals surface area (Å²) in [4.78, 5) is 35.7. The normalized spacial score (nSPS) is 16.2. The van der Waals surface area contributed by atoms with Gasteiger partial charge in [0.05, 0.1) is 6.61 Å². The van der Waals surface area contributed by atoms with E-state index < -0.39 is 23.8 Å². The van der Waals surface area contributed by atoms with E-state index in [4.69, 9.17) is 15.2 Å². The molecule has 24 heavy (non-hydrogen) atoms. The molecule has 7 heteroatoms. The number of benzene rings is 1. The average Bonchev–Trinajstić information content (AvgIpc) is 2.60. The maximum atomic E-state index is 12.4. The smallest absolute Gasteiger partial charge is 0.328 e. The Morgan fingerprint density at radius 1 is 1.21 bits per heavy atom. The lowest BCUT2D eigenvalue weighted by Crippen LogP contribution is -2.48. The SMILES string of the molecule is CCOC(=O)[C@H](NC(=O)c1ccc(C(N)=O)cc1)C1CCOCC1. The van der Waals surface area contributed by atoms with Gasteiger partial charge in [-0.05, 0) is 49.9 Å². The highest BCUT2D eigenvalue weighted by Crippen LogP contribution is 2.20. The molecular formula is C17H22N2O5. The fourth-order valence-corrected chi connectivity index (χ4v) is 2.66. The lowest BCUT2D eigenvalue weighted by molar-refractivity contribution is -0.147. The Labute approximate surface area is 140 Å². The minimum atomic E-state index is -0.711. The van der Waals surface area contributed by atoms with Crippen LogP contribution in [0.5, 0.6) is 0 Å². The molecule has 0 aliphatic carbocycles. The van der Waals surface area contributed by atoms with Crippen LogP contribution in [0.1, 0.15) is 40.5 Å². The first-order valence-corrected chi connectivity index (χ1v) is 7.98. The average molecular weight is 334 g/mol. The fraction of sp³-hybridized carbons (Fsp3) is 0.471. The van der Waals surface area contributed by atoms with Crippen molar-refractivity contribution in [3.63, 3.8) is 0 Å². The number of nitrogens with two attached hydrogens (primary N) is 1. The monoisotopic (exact) mass is 334 g/mol. The predicted octanol–water partition coefficient (Wildman–Crippen LogP) is 0.874. The maximum Gasteiger partial charge on any atom is 0.328 e. The van der Waals surface area contributed by atoms with Gasteiger partial charge in [0.15, 0.2) is 0 Å². The molecule has 0 radical (unpaired) electrons. The maximum absolute atomic E-state index is 12.4. The predicted molar refractivity (Wildman–Crippen MR) is 86.4 cm³/mol. The Hall–Kier alpha value is -2.41. The van der Waals surface area contributed by atoms with Crippen molar-refractivity contribution in [2.75, 3.05) is 19.8 Å². The van der Waals surface area contributed by atoms with Crippen molar-refractivity contribution in [2.24, 2.45) is 11.7 Å². The van der Waals surface area contributed by atoms with Crippen LogP contribution in [0.3, 0.4) is 0 Å². The van der Waals surface area contributed by atoms with Gasteiger partial charge in [0, 0.05) is 24.3 Å². The van der Waals surface area contributed by atoms with Crippen LogP contribution in [0.2, 0.25) is 0 Å². The molecular weight excluding hydrogens is 312 g/mol. The van der Waals surface area contributed by atoms with E-state index in [1.54, 1.807) is 6.92 Å². The zero-order valence-electron chi connectivity index (χ0n) is 13.6. The Balaban J connectivity index is 2.10. The van der Waals surface area contributed by atoms with Crippen LogP contribution in [0.4, 0.5) is 0 Å². The number of ether oxygens (including phenoxy) is 2. The Morgan fingerprint density at radius 3 is 2.33 bits per heavy atom. The van der Waals surface area contributed by atoms with Gasteiger partial charge in [-0.2, -0.15) is 0 Å². The van der Waals surface area contributed by atoms with Gasteiger partial charge in [-0.1, -0.05) is 0 Å². The van der Waals surface area contributed by atoms with Gasteiger partial charge in [0.25, 0.3) is 5.91 Å². The van der Waals surface area contributed by atoms with Crippen LogP contribution >= 0.6 is 0 Å². The number of carbonyl (C=O) groups is 3. The number of hydrogen-bond donors (Lipinski definition) is 2. The zero-order chi connectivity index (χ0) is 17.5. The molecule has 1 aromatic rings. The third-order valence-electron chi connectivity index (χ3n) is 4.00. The second-order valence-electron chi connectivity index (χ2n) is 5.59. The topological polar surface area (TPSA) is 108 Å². The molecule has 1 saturated heterocycles.